The molecule has 0 aliphatic rings. The molecule has 0 fully saturated rings. The number of carbonyl (C=O) groups excluding carboxylic acids is 1. The van der Waals surface area contributed by atoms with Crippen molar-refractivity contribution in [3.05, 3.63) is 82.0 Å². The summed E-state index contributed by atoms with van der Waals surface area (Å²) >= 11 is 0. The van der Waals surface area contributed by atoms with Crippen LogP contribution in [-0.2, 0) is 0 Å². The Morgan fingerprint density at radius 1 is 1.16 bits per heavy atom. The standard InChI is InChI=1S/C17H11N5O3/c18-10-13-11-19-21(14-4-2-1-3-5-14)16(13)20-17(23)12-6-8-15(9-7-12)22(24)25/h1-9,11H,(H,20,23). The number of hydrogen-bond donors (Lipinski definition) is 1. The Labute approximate surface area is 142 Å². The highest BCUT2D eigenvalue weighted by molar-refractivity contribution is 6.04. The molecule has 3 rings (SSSR count). The molecule has 0 unspecified atom stereocenters. The zero-order valence-electron chi connectivity index (χ0n) is 12.8. The van der Waals surface area contributed by atoms with Crippen LogP contribution in [0, 0.1) is 21.4 Å². The highest BCUT2D eigenvalue weighted by atomic mass is 16.6. The van der Waals surface area contributed by atoms with Crippen LogP contribution in [0.1, 0.15) is 15.9 Å². The first-order valence-corrected chi connectivity index (χ1v) is 7.19. The van der Waals surface area contributed by atoms with Gasteiger partial charge in [0, 0.05) is 17.7 Å². The van der Waals surface area contributed by atoms with E-state index < -0.39 is 10.8 Å². The quantitative estimate of drug-likeness (QED) is 0.582. The second kappa shape index (κ2) is 6.64. The lowest BCUT2D eigenvalue weighted by molar-refractivity contribution is -0.384. The number of para-hydroxylation sites is 1. The lowest BCUT2D eigenvalue weighted by Gasteiger charge is -2.09. The first kappa shape index (κ1) is 15.9. The molecule has 1 amide bonds. The van der Waals surface area contributed by atoms with Crippen LogP contribution in [0.3, 0.4) is 0 Å². The zero-order valence-corrected chi connectivity index (χ0v) is 12.8. The highest BCUT2D eigenvalue weighted by Crippen LogP contribution is 2.21. The molecule has 0 spiro atoms. The topological polar surface area (TPSA) is 114 Å². The molecule has 8 nitrogen and oxygen atoms in total. The first-order valence-electron chi connectivity index (χ1n) is 7.19. The molecule has 0 radical (unpaired) electrons. The van der Waals surface area contributed by atoms with E-state index in [1.165, 1.54) is 35.1 Å². The fourth-order valence-corrected chi connectivity index (χ4v) is 2.23. The Kier molecular flexibility index (Phi) is 4.22. The molecule has 122 valence electrons. The number of aromatic nitrogens is 2. The minimum Gasteiger partial charge on any atom is -0.305 e. The van der Waals surface area contributed by atoms with Crippen LogP contribution in [0.25, 0.3) is 5.69 Å². The summed E-state index contributed by atoms with van der Waals surface area (Å²) in [6.45, 7) is 0. The monoisotopic (exact) mass is 333 g/mol. The number of anilines is 1. The van der Waals surface area contributed by atoms with Gasteiger partial charge in [0.2, 0.25) is 0 Å². The maximum atomic E-state index is 12.4. The molecular weight excluding hydrogens is 322 g/mol. The van der Waals surface area contributed by atoms with Gasteiger partial charge in [-0.2, -0.15) is 10.4 Å². The van der Waals surface area contributed by atoms with Crippen LogP contribution in [0.5, 0.6) is 0 Å². The SMILES string of the molecule is N#Cc1cnn(-c2ccccc2)c1NC(=O)c1ccc([N+](=O)[O-])cc1. The second-order valence-corrected chi connectivity index (χ2v) is 5.02. The number of nitro benzene ring substituents is 1. The van der Waals surface area contributed by atoms with E-state index in [1.54, 1.807) is 12.1 Å². The predicted octanol–water partition coefficient (Wildman–Crippen LogP) is 2.90. The Bertz CT molecular complexity index is 972. The number of nitriles is 1. The minimum atomic E-state index is -0.542. The number of nitrogens with one attached hydrogen (secondary N) is 1. The summed E-state index contributed by atoms with van der Waals surface area (Å²) in [4.78, 5) is 22.6. The molecule has 1 aromatic heterocycles. The number of nitrogens with zero attached hydrogens (tertiary/aromatic N) is 4. The Balaban J connectivity index is 1.92. The van der Waals surface area contributed by atoms with E-state index in [0.29, 0.717) is 5.69 Å². The Morgan fingerprint density at radius 2 is 1.84 bits per heavy atom. The lowest BCUT2D eigenvalue weighted by atomic mass is 10.2. The van der Waals surface area contributed by atoms with Gasteiger partial charge in [-0.05, 0) is 24.3 Å². The highest BCUT2D eigenvalue weighted by Gasteiger charge is 2.16. The number of non-ortho nitro benzene ring substituents is 1. The third-order valence-corrected chi connectivity index (χ3v) is 3.46. The van der Waals surface area contributed by atoms with Crippen molar-refractivity contribution in [3.8, 4) is 11.8 Å². The summed E-state index contributed by atoms with van der Waals surface area (Å²) in [7, 11) is 0. The first-order chi connectivity index (χ1) is 12.1. The third kappa shape index (κ3) is 3.20. The van der Waals surface area contributed by atoms with Gasteiger partial charge in [0.05, 0.1) is 16.8 Å². The van der Waals surface area contributed by atoms with E-state index in [-0.39, 0.29) is 22.6 Å². The van der Waals surface area contributed by atoms with Crippen molar-refractivity contribution in [2.24, 2.45) is 0 Å². The molecule has 0 saturated heterocycles. The molecule has 0 atom stereocenters. The number of amides is 1. The van der Waals surface area contributed by atoms with E-state index >= 15 is 0 Å². The zero-order chi connectivity index (χ0) is 17.8. The molecule has 0 saturated carbocycles. The van der Waals surface area contributed by atoms with Crippen molar-refractivity contribution in [1.82, 2.24) is 9.78 Å². The smallest absolute Gasteiger partial charge is 0.269 e. The van der Waals surface area contributed by atoms with Crippen molar-refractivity contribution < 1.29 is 9.72 Å². The van der Waals surface area contributed by atoms with Gasteiger partial charge < -0.3 is 5.32 Å². The second-order valence-electron chi connectivity index (χ2n) is 5.02. The summed E-state index contributed by atoms with van der Waals surface area (Å²) < 4.78 is 1.45. The molecule has 1 N–H and O–H groups in total. The lowest BCUT2D eigenvalue weighted by Crippen LogP contribution is -2.16. The van der Waals surface area contributed by atoms with E-state index in [2.05, 4.69) is 10.4 Å². The van der Waals surface area contributed by atoms with E-state index in [9.17, 15) is 20.2 Å². The molecule has 25 heavy (non-hydrogen) atoms. The van der Waals surface area contributed by atoms with Gasteiger partial charge in [0.25, 0.3) is 11.6 Å². The van der Waals surface area contributed by atoms with Gasteiger partial charge in [-0.1, -0.05) is 18.2 Å². The summed E-state index contributed by atoms with van der Waals surface area (Å²) in [5.74, 6) is -0.263. The average molecular weight is 333 g/mol. The van der Waals surface area contributed by atoms with Crippen molar-refractivity contribution >= 4 is 17.4 Å². The number of carbonyl (C=O) groups is 1. The maximum Gasteiger partial charge on any atom is 0.269 e. The molecule has 0 bridgehead atoms. The van der Waals surface area contributed by atoms with Gasteiger partial charge in [-0.3, -0.25) is 14.9 Å². The van der Waals surface area contributed by atoms with Crippen molar-refractivity contribution in [3.63, 3.8) is 0 Å². The normalized spacial score (nSPS) is 10.0. The van der Waals surface area contributed by atoms with Crippen molar-refractivity contribution in [2.75, 3.05) is 5.32 Å². The van der Waals surface area contributed by atoms with Gasteiger partial charge >= 0.3 is 0 Å². The van der Waals surface area contributed by atoms with Crippen molar-refractivity contribution in [2.45, 2.75) is 0 Å². The fourth-order valence-electron chi connectivity index (χ4n) is 2.23. The molecule has 1 heterocycles. The van der Waals surface area contributed by atoms with Crippen LogP contribution < -0.4 is 5.32 Å². The van der Waals surface area contributed by atoms with E-state index in [4.69, 9.17) is 0 Å². The van der Waals surface area contributed by atoms with Crippen LogP contribution >= 0.6 is 0 Å². The van der Waals surface area contributed by atoms with Crippen LogP contribution in [-0.4, -0.2) is 20.6 Å². The van der Waals surface area contributed by atoms with Gasteiger partial charge in [-0.25, -0.2) is 4.68 Å². The fraction of sp³-hybridized carbons (Fsp3) is 0. The predicted molar refractivity (Wildman–Crippen MR) is 89.3 cm³/mol. The molecular formula is C17H11N5O3. The molecule has 8 heteroatoms. The van der Waals surface area contributed by atoms with Crippen LogP contribution in [0.4, 0.5) is 11.5 Å². The van der Waals surface area contributed by atoms with Gasteiger partial charge in [-0.15, -0.1) is 0 Å². The summed E-state index contributed by atoms with van der Waals surface area (Å²) in [6.07, 6.45) is 1.36. The summed E-state index contributed by atoms with van der Waals surface area (Å²) in [5, 5.41) is 26.7. The molecule has 0 aliphatic heterocycles. The molecule has 3 aromatic rings. The number of rotatable bonds is 4. The van der Waals surface area contributed by atoms with E-state index in [1.807, 2.05) is 24.3 Å². The Morgan fingerprint density at radius 3 is 2.44 bits per heavy atom. The maximum absolute atomic E-state index is 12.4. The number of benzene rings is 2. The third-order valence-electron chi connectivity index (χ3n) is 3.46. The Hall–Kier alpha value is -3.99. The number of nitro groups is 1. The number of hydrogen-bond acceptors (Lipinski definition) is 5. The largest absolute Gasteiger partial charge is 0.305 e. The van der Waals surface area contributed by atoms with Gasteiger partial charge in [0.1, 0.15) is 11.6 Å². The van der Waals surface area contributed by atoms with Gasteiger partial charge in [0.15, 0.2) is 5.82 Å². The molecule has 0 aliphatic carbocycles. The van der Waals surface area contributed by atoms with Crippen molar-refractivity contribution in [1.29, 1.82) is 5.26 Å². The van der Waals surface area contributed by atoms with Crippen LogP contribution in [0.2, 0.25) is 0 Å². The van der Waals surface area contributed by atoms with E-state index in [0.717, 1.165) is 0 Å². The molecule has 2 aromatic carbocycles. The summed E-state index contributed by atoms with van der Waals surface area (Å²) in [5.41, 5.74) is 1.01. The average Bonchev–Trinajstić information content (AvgIpc) is 3.05. The van der Waals surface area contributed by atoms with Crippen LogP contribution in [0.15, 0.2) is 60.8 Å². The minimum absolute atomic E-state index is 0.108. The summed E-state index contributed by atoms with van der Waals surface area (Å²) in [6, 6.07) is 16.2.